The number of hydrogen-bond donors (Lipinski definition) is 2. The number of para-hydroxylation sites is 1. The molecule has 100 valence electrons. The van der Waals surface area contributed by atoms with Crippen LogP contribution in [0.2, 0.25) is 0 Å². The normalized spacial score (nSPS) is 12.3. The molecule has 1 unspecified atom stereocenters. The fourth-order valence-electron chi connectivity index (χ4n) is 2.19. The summed E-state index contributed by atoms with van der Waals surface area (Å²) in [5, 5.41) is 13.2. The van der Waals surface area contributed by atoms with Gasteiger partial charge in [-0.25, -0.2) is 0 Å². The maximum atomic E-state index is 9.72. The van der Waals surface area contributed by atoms with Gasteiger partial charge in [-0.05, 0) is 37.5 Å². The van der Waals surface area contributed by atoms with E-state index in [1.165, 1.54) is 11.1 Å². The summed E-state index contributed by atoms with van der Waals surface area (Å²) in [6, 6.07) is 16.3. The number of phenolic OH excluding ortho intramolecular Hbond substituents is 1. The van der Waals surface area contributed by atoms with E-state index in [0.29, 0.717) is 18.3 Å². The average molecular weight is 255 g/mol. The topological polar surface area (TPSA) is 32.3 Å². The lowest BCUT2D eigenvalue weighted by Gasteiger charge is -2.15. The van der Waals surface area contributed by atoms with Crippen molar-refractivity contribution in [3.05, 3.63) is 65.2 Å². The summed E-state index contributed by atoms with van der Waals surface area (Å²) in [5.74, 6) is 0.359. The van der Waals surface area contributed by atoms with E-state index in [1.54, 1.807) is 6.07 Å². The van der Waals surface area contributed by atoms with Crippen LogP contribution in [-0.2, 0) is 13.0 Å². The van der Waals surface area contributed by atoms with Gasteiger partial charge < -0.3 is 10.4 Å². The van der Waals surface area contributed by atoms with Crippen molar-refractivity contribution in [1.82, 2.24) is 5.32 Å². The van der Waals surface area contributed by atoms with Crippen molar-refractivity contribution in [3.63, 3.8) is 0 Å². The van der Waals surface area contributed by atoms with Crippen molar-refractivity contribution < 1.29 is 5.11 Å². The van der Waals surface area contributed by atoms with Crippen molar-refractivity contribution in [2.24, 2.45) is 0 Å². The van der Waals surface area contributed by atoms with Crippen molar-refractivity contribution in [3.8, 4) is 5.75 Å². The van der Waals surface area contributed by atoms with Crippen LogP contribution in [0.25, 0.3) is 0 Å². The van der Waals surface area contributed by atoms with Crippen LogP contribution < -0.4 is 5.32 Å². The van der Waals surface area contributed by atoms with Gasteiger partial charge in [-0.2, -0.15) is 0 Å². The second-order valence-corrected chi connectivity index (χ2v) is 5.04. The number of nitrogens with one attached hydrogen (secondary N) is 1. The monoisotopic (exact) mass is 255 g/mol. The van der Waals surface area contributed by atoms with E-state index >= 15 is 0 Å². The molecule has 0 saturated carbocycles. The third-order valence-electron chi connectivity index (χ3n) is 3.42. The summed E-state index contributed by atoms with van der Waals surface area (Å²) < 4.78 is 0. The highest BCUT2D eigenvalue weighted by Crippen LogP contribution is 2.16. The molecule has 2 heteroatoms. The quantitative estimate of drug-likeness (QED) is 0.858. The Balaban J connectivity index is 1.90. The zero-order chi connectivity index (χ0) is 13.7. The molecule has 0 fully saturated rings. The van der Waals surface area contributed by atoms with Gasteiger partial charge >= 0.3 is 0 Å². The molecule has 0 heterocycles. The van der Waals surface area contributed by atoms with Gasteiger partial charge in [0.25, 0.3) is 0 Å². The number of benzene rings is 2. The van der Waals surface area contributed by atoms with Crippen LogP contribution >= 0.6 is 0 Å². The molecule has 0 aliphatic heterocycles. The second kappa shape index (κ2) is 6.39. The Hall–Kier alpha value is -1.80. The Labute approximate surface area is 115 Å². The van der Waals surface area contributed by atoms with Gasteiger partial charge in [0.05, 0.1) is 0 Å². The van der Waals surface area contributed by atoms with E-state index in [2.05, 4.69) is 43.4 Å². The van der Waals surface area contributed by atoms with Gasteiger partial charge in [-0.3, -0.25) is 0 Å². The minimum atomic E-state index is 0.359. The van der Waals surface area contributed by atoms with Gasteiger partial charge in [0.1, 0.15) is 5.75 Å². The van der Waals surface area contributed by atoms with Crippen LogP contribution in [0.1, 0.15) is 23.6 Å². The summed E-state index contributed by atoms with van der Waals surface area (Å²) >= 11 is 0. The second-order valence-electron chi connectivity index (χ2n) is 5.04. The Morgan fingerprint density at radius 2 is 1.63 bits per heavy atom. The molecular formula is C17H21NO. The van der Waals surface area contributed by atoms with Crippen LogP contribution in [0.5, 0.6) is 5.75 Å². The third-order valence-corrected chi connectivity index (χ3v) is 3.42. The van der Waals surface area contributed by atoms with E-state index in [1.807, 2.05) is 18.2 Å². The fourth-order valence-corrected chi connectivity index (χ4v) is 2.19. The number of aromatic hydroxyl groups is 1. The van der Waals surface area contributed by atoms with E-state index in [0.717, 1.165) is 12.0 Å². The van der Waals surface area contributed by atoms with Crippen LogP contribution in [0.3, 0.4) is 0 Å². The number of aryl methyl sites for hydroxylation is 1. The van der Waals surface area contributed by atoms with Crippen LogP contribution in [0, 0.1) is 6.92 Å². The molecule has 2 aromatic carbocycles. The largest absolute Gasteiger partial charge is 0.508 e. The maximum absolute atomic E-state index is 9.72. The van der Waals surface area contributed by atoms with Crippen molar-refractivity contribution in [2.75, 3.05) is 0 Å². The lowest BCUT2D eigenvalue weighted by molar-refractivity contribution is 0.458. The Bertz CT molecular complexity index is 536. The SMILES string of the molecule is Cc1ccccc1CC(C)NCc1ccccc1O. The van der Waals surface area contributed by atoms with Gasteiger partial charge in [-0.1, -0.05) is 42.5 Å². The standard InChI is InChI=1S/C17H21NO/c1-13-7-3-4-8-15(13)11-14(2)18-12-16-9-5-6-10-17(16)19/h3-10,14,18-19H,11-12H2,1-2H3. The fraction of sp³-hybridized carbons (Fsp3) is 0.294. The molecule has 19 heavy (non-hydrogen) atoms. The third kappa shape index (κ3) is 3.83. The molecular weight excluding hydrogens is 234 g/mol. The number of rotatable bonds is 5. The zero-order valence-electron chi connectivity index (χ0n) is 11.6. The molecule has 0 radical (unpaired) electrons. The van der Waals surface area contributed by atoms with Gasteiger partial charge in [0, 0.05) is 18.2 Å². The van der Waals surface area contributed by atoms with E-state index < -0.39 is 0 Å². The minimum Gasteiger partial charge on any atom is -0.508 e. The van der Waals surface area contributed by atoms with E-state index in [9.17, 15) is 5.11 Å². The van der Waals surface area contributed by atoms with Gasteiger partial charge in [-0.15, -0.1) is 0 Å². The van der Waals surface area contributed by atoms with Crippen LogP contribution in [0.15, 0.2) is 48.5 Å². The van der Waals surface area contributed by atoms with Crippen LogP contribution in [-0.4, -0.2) is 11.1 Å². The molecule has 0 amide bonds. The average Bonchev–Trinajstić information content (AvgIpc) is 2.40. The predicted molar refractivity (Wildman–Crippen MR) is 79.3 cm³/mol. The summed E-state index contributed by atoms with van der Waals surface area (Å²) in [4.78, 5) is 0. The van der Waals surface area contributed by atoms with Crippen molar-refractivity contribution >= 4 is 0 Å². The first-order valence-electron chi connectivity index (χ1n) is 6.71. The highest BCUT2D eigenvalue weighted by Gasteiger charge is 2.06. The maximum Gasteiger partial charge on any atom is 0.120 e. The minimum absolute atomic E-state index is 0.359. The van der Waals surface area contributed by atoms with E-state index in [4.69, 9.17) is 0 Å². The molecule has 0 aliphatic rings. The smallest absolute Gasteiger partial charge is 0.120 e. The highest BCUT2D eigenvalue weighted by molar-refractivity contribution is 5.31. The Kier molecular flexibility index (Phi) is 4.58. The molecule has 2 nitrogen and oxygen atoms in total. The first-order valence-corrected chi connectivity index (χ1v) is 6.71. The van der Waals surface area contributed by atoms with Crippen molar-refractivity contribution in [2.45, 2.75) is 32.9 Å². The highest BCUT2D eigenvalue weighted by atomic mass is 16.3. The van der Waals surface area contributed by atoms with Crippen LogP contribution in [0.4, 0.5) is 0 Å². The number of hydrogen-bond acceptors (Lipinski definition) is 2. The first-order chi connectivity index (χ1) is 9.16. The lowest BCUT2D eigenvalue weighted by Crippen LogP contribution is -2.27. The molecule has 0 spiro atoms. The summed E-state index contributed by atoms with van der Waals surface area (Å²) in [6.07, 6.45) is 1.00. The van der Waals surface area contributed by atoms with Gasteiger partial charge in [0.2, 0.25) is 0 Å². The van der Waals surface area contributed by atoms with Gasteiger partial charge in [0.15, 0.2) is 0 Å². The predicted octanol–water partition coefficient (Wildman–Crippen LogP) is 3.42. The molecule has 0 saturated heterocycles. The molecule has 0 aliphatic carbocycles. The first kappa shape index (κ1) is 13.6. The molecule has 0 aromatic heterocycles. The molecule has 2 rings (SSSR count). The Morgan fingerprint density at radius 1 is 1.00 bits per heavy atom. The molecule has 2 aromatic rings. The Morgan fingerprint density at radius 3 is 2.32 bits per heavy atom. The summed E-state index contributed by atoms with van der Waals surface area (Å²) in [6.45, 7) is 5.01. The zero-order valence-corrected chi connectivity index (χ0v) is 11.6. The summed E-state index contributed by atoms with van der Waals surface area (Å²) in [5.41, 5.74) is 3.65. The van der Waals surface area contributed by atoms with E-state index in [-0.39, 0.29) is 0 Å². The van der Waals surface area contributed by atoms with Crippen molar-refractivity contribution in [1.29, 1.82) is 0 Å². The molecule has 0 bridgehead atoms. The summed E-state index contributed by atoms with van der Waals surface area (Å²) in [7, 11) is 0. The molecule has 1 atom stereocenters. The molecule has 2 N–H and O–H groups in total. The number of phenols is 1. The lowest BCUT2D eigenvalue weighted by atomic mass is 10.0.